The van der Waals surface area contributed by atoms with Crippen LogP contribution in [0.25, 0.3) is 0 Å². The minimum Gasteiger partial charge on any atom is -0.0880 e. The van der Waals surface area contributed by atoms with Gasteiger partial charge in [-0.2, -0.15) is 0 Å². The standard InChI is InChI=1S/C8H11/c1-2-7-4-5-8(3-1)6-7/h1-2,6-8H,3-5H2. The second-order valence-electron chi connectivity index (χ2n) is 2.86. The fraction of sp³-hybridized carbons (Fsp3) is 0.625. The van der Waals surface area contributed by atoms with Crippen LogP contribution in [0.5, 0.6) is 0 Å². The molecule has 2 unspecified atom stereocenters. The van der Waals surface area contributed by atoms with Crippen molar-refractivity contribution in [1.82, 2.24) is 0 Å². The lowest BCUT2D eigenvalue weighted by Crippen LogP contribution is -1.98. The third-order valence-electron chi connectivity index (χ3n) is 2.21. The van der Waals surface area contributed by atoms with E-state index >= 15 is 0 Å². The maximum atomic E-state index is 2.50. The van der Waals surface area contributed by atoms with Gasteiger partial charge in [0.05, 0.1) is 0 Å². The minimum atomic E-state index is 0.855. The number of allylic oxidation sites excluding steroid dienone is 2. The molecule has 0 spiro atoms. The van der Waals surface area contributed by atoms with E-state index in [9.17, 15) is 0 Å². The van der Waals surface area contributed by atoms with Gasteiger partial charge in [0, 0.05) is 0 Å². The molecular weight excluding hydrogens is 96.1 g/mol. The highest BCUT2D eigenvalue weighted by Gasteiger charge is 2.24. The zero-order valence-corrected chi connectivity index (χ0v) is 5.01. The lowest BCUT2D eigenvalue weighted by molar-refractivity contribution is 0.632. The topological polar surface area (TPSA) is 0 Å². The van der Waals surface area contributed by atoms with E-state index in [1.807, 2.05) is 0 Å². The Morgan fingerprint density at radius 3 is 3.00 bits per heavy atom. The largest absolute Gasteiger partial charge is 0.0880 e. The summed E-state index contributed by atoms with van der Waals surface area (Å²) in [6.45, 7) is 0. The molecule has 0 aromatic heterocycles. The van der Waals surface area contributed by atoms with Crippen LogP contribution < -0.4 is 0 Å². The molecule has 2 bridgehead atoms. The quantitative estimate of drug-likeness (QED) is 0.416. The summed E-state index contributed by atoms with van der Waals surface area (Å²) >= 11 is 0. The molecule has 0 aromatic rings. The zero-order chi connectivity index (χ0) is 5.40. The number of hydrogen-bond acceptors (Lipinski definition) is 0. The average molecular weight is 107 g/mol. The molecule has 0 aromatic carbocycles. The maximum Gasteiger partial charge on any atom is -0.0199 e. The summed E-state index contributed by atoms with van der Waals surface area (Å²) < 4.78 is 0. The Hall–Kier alpha value is -0.260. The molecule has 0 heteroatoms. The number of rotatable bonds is 0. The smallest absolute Gasteiger partial charge is 0.0199 e. The summed E-state index contributed by atoms with van der Waals surface area (Å²) in [6, 6.07) is 0. The van der Waals surface area contributed by atoms with Crippen molar-refractivity contribution in [2.45, 2.75) is 19.3 Å². The fourth-order valence-corrected chi connectivity index (χ4v) is 1.73. The van der Waals surface area contributed by atoms with Gasteiger partial charge in [-0.1, -0.05) is 12.2 Å². The second-order valence-corrected chi connectivity index (χ2v) is 2.86. The summed E-state index contributed by atoms with van der Waals surface area (Å²) in [5, 5.41) is 0. The Balaban J connectivity index is 2.17. The van der Waals surface area contributed by atoms with Crippen LogP contribution in [-0.2, 0) is 0 Å². The summed E-state index contributed by atoms with van der Waals surface area (Å²) in [4.78, 5) is 0. The van der Waals surface area contributed by atoms with Crippen LogP contribution in [0.3, 0.4) is 0 Å². The van der Waals surface area contributed by atoms with E-state index in [1.165, 1.54) is 19.3 Å². The monoisotopic (exact) mass is 107 g/mol. The Morgan fingerprint density at radius 2 is 2.25 bits per heavy atom. The van der Waals surface area contributed by atoms with E-state index in [1.54, 1.807) is 0 Å². The first kappa shape index (κ1) is 4.60. The first-order valence-electron chi connectivity index (χ1n) is 3.47. The molecule has 0 nitrogen and oxygen atoms in total. The summed E-state index contributed by atoms with van der Waals surface area (Å²) in [5.41, 5.74) is 0. The SMILES string of the molecule is [CH]1C2C=CCC1CC2. The number of hydrogen-bond donors (Lipinski definition) is 0. The van der Waals surface area contributed by atoms with Crippen molar-refractivity contribution < 1.29 is 0 Å². The van der Waals surface area contributed by atoms with Gasteiger partial charge in [0.2, 0.25) is 0 Å². The maximum absolute atomic E-state index is 2.50. The molecule has 2 rings (SSSR count). The molecule has 0 N–H and O–H groups in total. The molecule has 1 fully saturated rings. The molecule has 2 aliphatic rings. The van der Waals surface area contributed by atoms with Crippen LogP contribution in [0.4, 0.5) is 0 Å². The first-order chi connectivity index (χ1) is 3.95. The van der Waals surface area contributed by atoms with Crippen LogP contribution in [0.15, 0.2) is 12.2 Å². The van der Waals surface area contributed by atoms with Gasteiger partial charge in [-0.3, -0.25) is 0 Å². The second kappa shape index (κ2) is 1.61. The van der Waals surface area contributed by atoms with E-state index in [2.05, 4.69) is 18.6 Å². The van der Waals surface area contributed by atoms with Crippen molar-refractivity contribution in [2.24, 2.45) is 11.8 Å². The third kappa shape index (κ3) is 0.594. The third-order valence-corrected chi connectivity index (χ3v) is 2.21. The molecule has 2 atom stereocenters. The predicted molar refractivity (Wildman–Crippen MR) is 34.3 cm³/mol. The highest BCUT2D eigenvalue weighted by atomic mass is 14.3. The van der Waals surface area contributed by atoms with Gasteiger partial charge in [0.1, 0.15) is 0 Å². The summed E-state index contributed by atoms with van der Waals surface area (Å²) in [6.07, 6.45) is 11.4. The highest BCUT2D eigenvalue weighted by Crippen LogP contribution is 2.36. The Labute approximate surface area is 50.6 Å². The van der Waals surface area contributed by atoms with Crippen molar-refractivity contribution in [3.63, 3.8) is 0 Å². The molecule has 43 valence electrons. The van der Waals surface area contributed by atoms with E-state index in [4.69, 9.17) is 0 Å². The molecular formula is C8H11. The van der Waals surface area contributed by atoms with Crippen molar-refractivity contribution >= 4 is 0 Å². The lowest BCUT2D eigenvalue weighted by Gasteiger charge is -2.09. The molecule has 2 aliphatic carbocycles. The highest BCUT2D eigenvalue weighted by molar-refractivity contribution is 5.09. The van der Waals surface area contributed by atoms with Crippen LogP contribution in [0, 0.1) is 18.3 Å². The molecule has 1 saturated carbocycles. The van der Waals surface area contributed by atoms with Gasteiger partial charge in [-0.05, 0) is 37.5 Å². The van der Waals surface area contributed by atoms with Gasteiger partial charge in [-0.25, -0.2) is 0 Å². The molecule has 0 heterocycles. The van der Waals surface area contributed by atoms with Gasteiger partial charge in [0.15, 0.2) is 0 Å². The van der Waals surface area contributed by atoms with Crippen molar-refractivity contribution in [3.8, 4) is 0 Å². The van der Waals surface area contributed by atoms with Crippen LogP contribution in [0.2, 0.25) is 0 Å². The average Bonchev–Trinajstić information content (AvgIpc) is 2.12. The van der Waals surface area contributed by atoms with E-state index in [0.29, 0.717) is 0 Å². The van der Waals surface area contributed by atoms with Crippen molar-refractivity contribution in [2.75, 3.05) is 0 Å². The van der Waals surface area contributed by atoms with Crippen LogP contribution in [0.1, 0.15) is 19.3 Å². The lowest BCUT2D eigenvalue weighted by atomic mass is 9.96. The van der Waals surface area contributed by atoms with E-state index in [0.717, 1.165) is 11.8 Å². The van der Waals surface area contributed by atoms with Gasteiger partial charge >= 0.3 is 0 Å². The van der Waals surface area contributed by atoms with Crippen LogP contribution >= 0.6 is 0 Å². The predicted octanol–water partition coefficient (Wildman–Crippen LogP) is 2.18. The molecule has 8 heavy (non-hydrogen) atoms. The van der Waals surface area contributed by atoms with Gasteiger partial charge in [0.25, 0.3) is 0 Å². The van der Waals surface area contributed by atoms with E-state index < -0.39 is 0 Å². The minimum absolute atomic E-state index is 0.855. The van der Waals surface area contributed by atoms with Crippen molar-refractivity contribution in [1.29, 1.82) is 0 Å². The van der Waals surface area contributed by atoms with Gasteiger partial charge < -0.3 is 0 Å². The zero-order valence-electron chi connectivity index (χ0n) is 5.01. The Morgan fingerprint density at radius 1 is 1.25 bits per heavy atom. The Kier molecular flexibility index (Phi) is 0.927. The van der Waals surface area contributed by atoms with Gasteiger partial charge in [-0.15, -0.1) is 0 Å². The normalized spacial score (nSPS) is 43.0. The summed E-state index contributed by atoms with van der Waals surface area (Å²) in [5.74, 6) is 1.80. The fourth-order valence-electron chi connectivity index (χ4n) is 1.73. The molecule has 0 aliphatic heterocycles. The van der Waals surface area contributed by atoms with Crippen molar-refractivity contribution in [3.05, 3.63) is 18.6 Å². The molecule has 0 amide bonds. The molecule has 0 saturated heterocycles. The summed E-state index contributed by atoms with van der Waals surface area (Å²) in [7, 11) is 0. The number of fused-ring (bicyclic) bond motifs is 2. The van der Waals surface area contributed by atoms with Crippen LogP contribution in [-0.4, -0.2) is 0 Å². The Bertz CT molecular complexity index is 113. The van der Waals surface area contributed by atoms with E-state index in [-0.39, 0.29) is 0 Å². The molecule has 1 radical (unpaired) electrons. The first-order valence-corrected chi connectivity index (χ1v) is 3.47.